The second kappa shape index (κ2) is 31.1. The SMILES string of the molecule is CCCCCCCCCCCCCC/C=C/C(O)C(COP(=O)(O)OC1C(O)C(O)C(O)C(O)C1O)NC(=O)CC(O)CCCCCCCCCCCC. The van der Waals surface area contributed by atoms with E-state index in [4.69, 9.17) is 9.05 Å². The molecule has 1 aliphatic rings. The van der Waals surface area contributed by atoms with Gasteiger partial charge in [-0.3, -0.25) is 13.8 Å². The summed E-state index contributed by atoms with van der Waals surface area (Å²) in [5.74, 6) is -0.594. The molecule has 1 saturated carbocycles. The first kappa shape index (κ1) is 51.1. The number of carbonyl (C=O) groups excluding carboxylic acids is 1. The van der Waals surface area contributed by atoms with Crippen molar-refractivity contribution in [3.63, 3.8) is 0 Å². The Morgan fingerprint density at radius 1 is 0.648 bits per heavy atom. The highest BCUT2D eigenvalue weighted by Crippen LogP contribution is 2.47. The molecule has 0 spiro atoms. The van der Waals surface area contributed by atoms with Crippen molar-refractivity contribution in [3.05, 3.63) is 12.2 Å². The Morgan fingerprint density at radius 3 is 1.52 bits per heavy atom. The van der Waals surface area contributed by atoms with Gasteiger partial charge in [-0.1, -0.05) is 161 Å². The number of phosphoric ester groups is 1. The number of allylic oxidation sites excluding steroid dienone is 1. The average Bonchev–Trinajstić information content (AvgIpc) is 3.14. The first-order valence-corrected chi connectivity index (χ1v) is 22.7. The van der Waals surface area contributed by atoms with E-state index < -0.39 is 75.2 Å². The fraction of sp³-hybridized carbons (Fsp3) is 0.925. The third-order valence-electron chi connectivity index (χ3n) is 10.4. The lowest BCUT2D eigenvalue weighted by Gasteiger charge is -2.41. The van der Waals surface area contributed by atoms with Gasteiger partial charge in [0.25, 0.3) is 0 Å². The Hall–Kier alpha value is -0.960. The summed E-state index contributed by atoms with van der Waals surface area (Å²) >= 11 is 0. The van der Waals surface area contributed by atoms with Crippen molar-refractivity contribution in [2.24, 2.45) is 0 Å². The molecule has 0 heterocycles. The number of phosphoric acid groups is 1. The second-order valence-electron chi connectivity index (χ2n) is 15.4. The molecule has 8 atom stereocenters. The van der Waals surface area contributed by atoms with E-state index in [1.54, 1.807) is 6.08 Å². The molecule has 320 valence electrons. The first-order chi connectivity index (χ1) is 25.8. The molecular weight excluding hydrogens is 717 g/mol. The van der Waals surface area contributed by atoms with Crippen molar-refractivity contribution in [2.45, 2.75) is 229 Å². The molecule has 13 nitrogen and oxygen atoms in total. The van der Waals surface area contributed by atoms with E-state index in [1.807, 2.05) is 0 Å². The average molecular weight is 796 g/mol. The van der Waals surface area contributed by atoms with E-state index in [1.165, 1.54) is 102 Å². The van der Waals surface area contributed by atoms with E-state index in [2.05, 4.69) is 19.2 Å². The molecule has 0 saturated heterocycles. The van der Waals surface area contributed by atoms with Crippen LogP contribution in [0.15, 0.2) is 12.2 Å². The smallest absolute Gasteiger partial charge is 0.393 e. The summed E-state index contributed by atoms with van der Waals surface area (Å²) in [5, 5.41) is 74.2. The Labute approximate surface area is 325 Å². The van der Waals surface area contributed by atoms with E-state index in [9.17, 15) is 50.0 Å². The van der Waals surface area contributed by atoms with Gasteiger partial charge in [0.05, 0.1) is 31.3 Å². The number of carbonyl (C=O) groups is 1. The van der Waals surface area contributed by atoms with Gasteiger partial charge < -0.3 is 46.0 Å². The molecule has 14 heteroatoms. The van der Waals surface area contributed by atoms with Gasteiger partial charge in [-0.15, -0.1) is 0 Å². The fourth-order valence-corrected chi connectivity index (χ4v) is 7.79. The number of nitrogens with one attached hydrogen (secondary N) is 1. The third kappa shape index (κ3) is 23.3. The zero-order valence-corrected chi connectivity index (χ0v) is 34.3. The van der Waals surface area contributed by atoms with Gasteiger partial charge in [-0.25, -0.2) is 4.57 Å². The molecular formula is C40H78NO12P. The maximum Gasteiger partial charge on any atom is 0.472 e. The van der Waals surface area contributed by atoms with Crippen LogP contribution < -0.4 is 5.32 Å². The summed E-state index contributed by atoms with van der Waals surface area (Å²) in [6, 6.07) is -1.23. The predicted octanol–water partition coefficient (Wildman–Crippen LogP) is 5.86. The van der Waals surface area contributed by atoms with Crippen molar-refractivity contribution in [1.82, 2.24) is 5.32 Å². The number of rotatable bonds is 34. The molecule has 0 bridgehead atoms. The van der Waals surface area contributed by atoms with Crippen LogP contribution in [-0.4, -0.2) is 108 Å². The monoisotopic (exact) mass is 796 g/mol. The Morgan fingerprint density at radius 2 is 1.06 bits per heavy atom. The summed E-state index contributed by atoms with van der Waals surface area (Å²) in [7, 11) is -5.13. The Kier molecular flexibility index (Phi) is 29.4. The van der Waals surface area contributed by atoms with Crippen LogP contribution in [0.25, 0.3) is 0 Å². The first-order valence-electron chi connectivity index (χ1n) is 21.2. The lowest BCUT2D eigenvalue weighted by Crippen LogP contribution is -2.64. The second-order valence-corrected chi connectivity index (χ2v) is 16.8. The molecule has 9 N–H and O–H groups in total. The number of unbranched alkanes of at least 4 members (excludes halogenated alkanes) is 21. The molecule has 0 aliphatic heterocycles. The van der Waals surface area contributed by atoms with E-state index >= 15 is 0 Å². The quantitative estimate of drug-likeness (QED) is 0.0212. The molecule has 0 aromatic rings. The lowest BCUT2D eigenvalue weighted by molar-refractivity contribution is -0.220. The number of aliphatic hydroxyl groups excluding tert-OH is 7. The highest BCUT2D eigenvalue weighted by molar-refractivity contribution is 7.47. The predicted molar refractivity (Wildman–Crippen MR) is 211 cm³/mol. The highest BCUT2D eigenvalue weighted by Gasteiger charge is 2.51. The van der Waals surface area contributed by atoms with Crippen LogP contribution in [0.5, 0.6) is 0 Å². The summed E-state index contributed by atoms with van der Waals surface area (Å²) in [6.07, 6.45) is 16.0. The molecule has 0 radical (unpaired) electrons. The molecule has 8 unspecified atom stereocenters. The van der Waals surface area contributed by atoms with Crippen LogP contribution in [0, 0.1) is 0 Å². The van der Waals surface area contributed by atoms with Crippen LogP contribution in [-0.2, 0) is 18.4 Å². The molecule has 1 aliphatic carbocycles. The highest BCUT2D eigenvalue weighted by atomic mass is 31.2. The molecule has 0 aromatic carbocycles. The minimum Gasteiger partial charge on any atom is -0.393 e. The number of hydrogen-bond acceptors (Lipinski definition) is 11. The van der Waals surface area contributed by atoms with Gasteiger partial charge in [0.15, 0.2) is 0 Å². The van der Waals surface area contributed by atoms with Gasteiger partial charge in [0, 0.05) is 0 Å². The third-order valence-corrected chi connectivity index (χ3v) is 11.4. The van der Waals surface area contributed by atoms with Gasteiger partial charge in [0.1, 0.15) is 36.6 Å². The zero-order valence-electron chi connectivity index (χ0n) is 33.4. The van der Waals surface area contributed by atoms with Crippen molar-refractivity contribution < 1.29 is 59.0 Å². The summed E-state index contributed by atoms with van der Waals surface area (Å²) in [4.78, 5) is 23.3. The van der Waals surface area contributed by atoms with Crippen LogP contribution in [0.3, 0.4) is 0 Å². The van der Waals surface area contributed by atoms with Crippen LogP contribution in [0.1, 0.15) is 174 Å². The number of hydrogen-bond donors (Lipinski definition) is 9. The van der Waals surface area contributed by atoms with Crippen molar-refractivity contribution >= 4 is 13.7 Å². The molecule has 1 amide bonds. The molecule has 1 rings (SSSR count). The van der Waals surface area contributed by atoms with Crippen molar-refractivity contribution in [2.75, 3.05) is 6.61 Å². The van der Waals surface area contributed by atoms with Gasteiger partial charge >= 0.3 is 7.82 Å². The molecule has 0 aromatic heterocycles. The summed E-state index contributed by atoms with van der Waals surface area (Å²) < 4.78 is 22.8. The summed E-state index contributed by atoms with van der Waals surface area (Å²) in [5.41, 5.74) is 0. The van der Waals surface area contributed by atoms with Crippen LogP contribution >= 0.6 is 7.82 Å². The van der Waals surface area contributed by atoms with E-state index in [0.717, 1.165) is 44.9 Å². The maximum absolute atomic E-state index is 12.9. The lowest BCUT2D eigenvalue weighted by atomic mass is 9.85. The topological polar surface area (TPSA) is 226 Å². The van der Waals surface area contributed by atoms with E-state index in [-0.39, 0.29) is 6.42 Å². The van der Waals surface area contributed by atoms with Crippen LogP contribution in [0.2, 0.25) is 0 Å². The van der Waals surface area contributed by atoms with Gasteiger partial charge in [0.2, 0.25) is 5.91 Å². The van der Waals surface area contributed by atoms with Gasteiger partial charge in [-0.05, 0) is 19.3 Å². The maximum atomic E-state index is 12.9. The molecule has 1 fully saturated rings. The Bertz CT molecular complexity index is 990. The number of amides is 1. The normalized spacial score (nSPS) is 24.7. The minimum absolute atomic E-state index is 0.241. The standard InChI is InChI=1S/C40H78NO12P/c1-3-5-7-9-11-13-15-16-17-18-20-22-24-26-28-33(43)32(30-52-54(50,51)53-40-38(48)36(46)35(45)37(47)39(40)49)41-34(44)29-31(42)27-25-23-21-19-14-12-10-8-6-4-2/h26,28,31-33,35-40,42-43,45-49H,3-25,27,29-30H2,1-2H3,(H,41,44)(H,50,51)/b28-26+. The zero-order chi connectivity index (χ0) is 40.2. The molecule has 54 heavy (non-hydrogen) atoms. The number of aliphatic hydroxyl groups is 7. The van der Waals surface area contributed by atoms with Crippen molar-refractivity contribution in [1.29, 1.82) is 0 Å². The van der Waals surface area contributed by atoms with Crippen molar-refractivity contribution in [3.8, 4) is 0 Å². The van der Waals surface area contributed by atoms with Crippen LogP contribution in [0.4, 0.5) is 0 Å². The Balaban J connectivity index is 2.62. The fourth-order valence-electron chi connectivity index (χ4n) is 6.83. The van der Waals surface area contributed by atoms with Gasteiger partial charge in [-0.2, -0.15) is 0 Å². The summed E-state index contributed by atoms with van der Waals surface area (Å²) in [6.45, 7) is 3.70. The minimum atomic E-state index is -5.13. The largest absolute Gasteiger partial charge is 0.472 e. The van der Waals surface area contributed by atoms with E-state index in [0.29, 0.717) is 12.8 Å².